The van der Waals surface area contributed by atoms with Crippen molar-refractivity contribution in [3.05, 3.63) is 24.5 Å². The van der Waals surface area contributed by atoms with E-state index in [-0.39, 0.29) is 0 Å². The van der Waals surface area contributed by atoms with Crippen LogP contribution in [0.5, 0.6) is 0 Å². The summed E-state index contributed by atoms with van der Waals surface area (Å²) in [6, 6.07) is 3.32. The first-order valence-electron chi connectivity index (χ1n) is 2.96. The third-order valence-electron chi connectivity index (χ3n) is 1.26. The summed E-state index contributed by atoms with van der Waals surface area (Å²) in [6.07, 6.45) is 3.14. The average Bonchev–Trinajstić information content (AvgIpc) is 2.05. The van der Waals surface area contributed by atoms with Crippen LogP contribution in [0.2, 0.25) is 0 Å². The van der Waals surface area contributed by atoms with Crippen molar-refractivity contribution in [1.29, 1.82) is 0 Å². The molecule has 11 heavy (non-hydrogen) atoms. The van der Waals surface area contributed by atoms with E-state index in [1.165, 1.54) is 11.4 Å². The normalized spacial score (nSPS) is 12.5. The fourth-order valence-electron chi connectivity index (χ4n) is 0.644. The van der Waals surface area contributed by atoms with Crippen LogP contribution in [0.15, 0.2) is 24.5 Å². The zero-order chi connectivity index (χ0) is 8.27. The molecule has 1 N–H and O–H groups in total. The molecule has 60 valence electrons. The maximum atomic E-state index is 10.5. The Kier molecular flexibility index (Phi) is 2.56. The summed E-state index contributed by atoms with van der Waals surface area (Å²) in [7, 11) is 1.53. The lowest BCUT2D eigenvalue weighted by molar-refractivity contribution is 0.562. The molecule has 1 heterocycles. The molecular formula is C6H8N2O2S. The van der Waals surface area contributed by atoms with Crippen molar-refractivity contribution in [2.45, 2.75) is 0 Å². The van der Waals surface area contributed by atoms with Gasteiger partial charge in [0.15, 0.2) is 0 Å². The number of pyridine rings is 1. The van der Waals surface area contributed by atoms with E-state index in [9.17, 15) is 4.21 Å². The SMILES string of the molecule is CN(c1ccncc1)S(=O)O. The van der Waals surface area contributed by atoms with E-state index < -0.39 is 11.3 Å². The van der Waals surface area contributed by atoms with Crippen LogP contribution >= 0.6 is 0 Å². The van der Waals surface area contributed by atoms with E-state index in [1.807, 2.05) is 0 Å². The Morgan fingerprint density at radius 2 is 2.09 bits per heavy atom. The van der Waals surface area contributed by atoms with Crippen LogP contribution < -0.4 is 4.31 Å². The summed E-state index contributed by atoms with van der Waals surface area (Å²) in [4.78, 5) is 3.78. The summed E-state index contributed by atoms with van der Waals surface area (Å²) in [5.74, 6) is 0. The molecule has 1 aromatic rings. The maximum absolute atomic E-state index is 10.5. The van der Waals surface area contributed by atoms with Crippen LogP contribution in [0, 0.1) is 0 Å². The van der Waals surface area contributed by atoms with Gasteiger partial charge < -0.3 is 0 Å². The van der Waals surface area contributed by atoms with Crippen LogP contribution in [0.25, 0.3) is 0 Å². The summed E-state index contributed by atoms with van der Waals surface area (Å²) in [6.45, 7) is 0. The van der Waals surface area contributed by atoms with Crippen molar-refractivity contribution in [3.63, 3.8) is 0 Å². The molecule has 0 amide bonds. The van der Waals surface area contributed by atoms with Gasteiger partial charge in [0.25, 0.3) is 11.3 Å². The van der Waals surface area contributed by atoms with Gasteiger partial charge >= 0.3 is 0 Å². The molecule has 0 fully saturated rings. The molecule has 1 unspecified atom stereocenters. The first-order valence-corrected chi connectivity index (χ1v) is 4.03. The molecule has 1 rings (SSSR count). The molecule has 0 aromatic carbocycles. The molecule has 4 nitrogen and oxygen atoms in total. The minimum atomic E-state index is -1.96. The van der Waals surface area contributed by atoms with Crippen molar-refractivity contribution in [2.75, 3.05) is 11.4 Å². The topological polar surface area (TPSA) is 53.4 Å². The van der Waals surface area contributed by atoms with Gasteiger partial charge in [-0.15, -0.1) is 0 Å². The highest BCUT2D eigenvalue weighted by Gasteiger charge is 2.03. The molecule has 0 saturated heterocycles. The minimum Gasteiger partial charge on any atom is -0.289 e. The second kappa shape index (κ2) is 3.45. The predicted octanol–water partition coefficient (Wildman–Crippen LogP) is 0.654. The van der Waals surface area contributed by atoms with Crippen molar-refractivity contribution in [1.82, 2.24) is 4.98 Å². The number of hydrogen-bond acceptors (Lipinski definition) is 2. The molecule has 0 aliphatic carbocycles. The molecule has 0 saturated carbocycles. The van der Waals surface area contributed by atoms with Gasteiger partial charge in [-0.05, 0) is 12.1 Å². The molecule has 0 radical (unpaired) electrons. The monoisotopic (exact) mass is 172 g/mol. The molecule has 0 aliphatic heterocycles. The van der Waals surface area contributed by atoms with Crippen molar-refractivity contribution in [2.24, 2.45) is 0 Å². The second-order valence-corrected chi connectivity index (χ2v) is 2.94. The Morgan fingerprint density at radius 1 is 1.55 bits per heavy atom. The number of anilines is 1. The smallest absolute Gasteiger partial charge is 0.261 e. The molecule has 1 aromatic heterocycles. The predicted molar refractivity (Wildman–Crippen MR) is 43.4 cm³/mol. The van der Waals surface area contributed by atoms with Gasteiger partial charge in [-0.2, -0.15) is 0 Å². The average molecular weight is 172 g/mol. The summed E-state index contributed by atoms with van der Waals surface area (Å²) >= 11 is -1.96. The van der Waals surface area contributed by atoms with Gasteiger partial charge in [0, 0.05) is 19.4 Å². The summed E-state index contributed by atoms with van der Waals surface area (Å²) in [5.41, 5.74) is 0.667. The Morgan fingerprint density at radius 3 is 2.55 bits per heavy atom. The van der Waals surface area contributed by atoms with Crippen LogP contribution in [0.1, 0.15) is 0 Å². The third-order valence-corrected chi connectivity index (χ3v) is 1.94. The van der Waals surface area contributed by atoms with Gasteiger partial charge in [-0.3, -0.25) is 13.8 Å². The lowest BCUT2D eigenvalue weighted by Crippen LogP contribution is -2.18. The largest absolute Gasteiger partial charge is 0.289 e. The highest BCUT2D eigenvalue weighted by Crippen LogP contribution is 2.09. The number of nitrogens with zero attached hydrogens (tertiary/aromatic N) is 2. The van der Waals surface area contributed by atoms with Gasteiger partial charge in [0.2, 0.25) is 0 Å². The molecular weight excluding hydrogens is 164 g/mol. The highest BCUT2D eigenvalue weighted by atomic mass is 32.2. The summed E-state index contributed by atoms with van der Waals surface area (Å²) < 4.78 is 20.4. The van der Waals surface area contributed by atoms with Gasteiger partial charge in [-0.25, -0.2) is 4.21 Å². The molecule has 1 atom stereocenters. The lowest BCUT2D eigenvalue weighted by atomic mass is 10.4. The number of hydrogen-bond donors (Lipinski definition) is 1. The van der Waals surface area contributed by atoms with E-state index in [0.29, 0.717) is 5.69 Å². The van der Waals surface area contributed by atoms with Crippen LogP contribution in [0.3, 0.4) is 0 Å². The standard InChI is InChI=1S/C6H8N2O2S/c1-8(11(9)10)6-2-4-7-5-3-6/h2-5H,1H3,(H,9,10). The molecule has 0 bridgehead atoms. The van der Waals surface area contributed by atoms with E-state index in [1.54, 1.807) is 24.5 Å². The first kappa shape index (κ1) is 8.16. The Bertz CT molecular complexity index is 252. The van der Waals surface area contributed by atoms with Crippen molar-refractivity contribution >= 4 is 17.0 Å². The van der Waals surface area contributed by atoms with Crippen LogP contribution in [-0.2, 0) is 11.3 Å². The zero-order valence-corrected chi connectivity index (χ0v) is 6.78. The zero-order valence-electron chi connectivity index (χ0n) is 5.97. The Balaban J connectivity index is 2.85. The fourth-order valence-corrected chi connectivity index (χ4v) is 0.946. The Labute approximate surface area is 67.3 Å². The van der Waals surface area contributed by atoms with Gasteiger partial charge in [0.1, 0.15) is 0 Å². The second-order valence-electron chi connectivity index (χ2n) is 1.93. The molecule has 5 heteroatoms. The maximum Gasteiger partial charge on any atom is 0.261 e. The summed E-state index contributed by atoms with van der Waals surface area (Å²) in [5, 5.41) is 0. The van der Waals surface area contributed by atoms with Crippen LogP contribution in [0.4, 0.5) is 5.69 Å². The van der Waals surface area contributed by atoms with E-state index in [4.69, 9.17) is 4.55 Å². The van der Waals surface area contributed by atoms with E-state index in [0.717, 1.165) is 0 Å². The first-order chi connectivity index (χ1) is 5.22. The third kappa shape index (κ3) is 1.99. The quantitative estimate of drug-likeness (QED) is 0.666. The molecule has 0 aliphatic rings. The van der Waals surface area contributed by atoms with Crippen molar-refractivity contribution < 1.29 is 8.76 Å². The van der Waals surface area contributed by atoms with Gasteiger partial charge in [-0.1, -0.05) is 0 Å². The molecule has 0 spiro atoms. The van der Waals surface area contributed by atoms with E-state index >= 15 is 0 Å². The lowest BCUT2D eigenvalue weighted by Gasteiger charge is -2.12. The number of aromatic nitrogens is 1. The number of rotatable bonds is 2. The Hall–Kier alpha value is -0.940. The minimum absolute atomic E-state index is 0.667. The highest BCUT2D eigenvalue weighted by molar-refractivity contribution is 7.80. The van der Waals surface area contributed by atoms with Gasteiger partial charge in [0.05, 0.1) is 5.69 Å². The van der Waals surface area contributed by atoms with Crippen LogP contribution in [-0.4, -0.2) is 20.8 Å². The fraction of sp³-hybridized carbons (Fsp3) is 0.167. The van der Waals surface area contributed by atoms with Crippen molar-refractivity contribution in [3.8, 4) is 0 Å². The van der Waals surface area contributed by atoms with E-state index in [2.05, 4.69) is 4.98 Å².